The van der Waals surface area contributed by atoms with Gasteiger partial charge in [0.15, 0.2) is 0 Å². The lowest BCUT2D eigenvalue weighted by Gasteiger charge is -2.29. The lowest BCUT2D eigenvalue weighted by atomic mass is 9.86. The van der Waals surface area contributed by atoms with Gasteiger partial charge in [0.1, 0.15) is 0 Å². The number of hydrogen-bond donors (Lipinski definition) is 1. The molecule has 0 spiro atoms. The Kier molecular flexibility index (Phi) is 5.07. The maximum Gasteiger partial charge on any atom is 0.0916 e. The fourth-order valence-electron chi connectivity index (χ4n) is 3.02. The Hall–Kier alpha value is -0.900. The minimum Gasteiger partial charge on any atom is -0.387 e. The number of nitrogens with zero attached hydrogens (tertiary/aromatic N) is 1. The fourth-order valence-corrected chi connectivity index (χ4v) is 3.02. The highest BCUT2D eigenvalue weighted by Gasteiger charge is 2.29. The molecule has 0 saturated carbocycles. The van der Waals surface area contributed by atoms with Crippen molar-refractivity contribution in [1.82, 2.24) is 4.90 Å². The average Bonchev–Trinajstić information content (AvgIpc) is 2.84. The molecule has 2 rings (SSSR count). The molecular formula is C18H29NO2. The van der Waals surface area contributed by atoms with Crippen LogP contribution in [-0.4, -0.2) is 42.4 Å². The number of aliphatic hydroxyl groups excluding tert-OH is 1. The summed E-state index contributed by atoms with van der Waals surface area (Å²) in [4.78, 5) is 2.22. The number of benzene rings is 1. The molecule has 1 fully saturated rings. The second kappa shape index (κ2) is 6.47. The van der Waals surface area contributed by atoms with Crippen molar-refractivity contribution in [2.75, 3.05) is 20.2 Å². The molecule has 1 aliphatic rings. The molecule has 0 radical (unpaired) electrons. The first-order chi connectivity index (χ1) is 9.79. The van der Waals surface area contributed by atoms with Crippen LogP contribution in [0.2, 0.25) is 0 Å². The second-order valence-corrected chi connectivity index (χ2v) is 7.26. The molecule has 1 N–H and O–H groups in total. The average molecular weight is 291 g/mol. The van der Waals surface area contributed by atoms with E-state index in [4.69, 9.17) is 4.74 Å². The number of hydrogen-bond acceptors (Lipinski definition) is 3. The summed E-state index contributed by atoms with van der Waals surface area (Å²) < 4.78 is 5.60. The predicted molar refractivity (Wildman–Crippen MR) is 86.6 cm³/mol. The van der Waals surface area contributed by atoms with Crippen LogP contribution in [0.25, 0.3) is 0 Å². The van der Waals surface area contributed by atoms with E-state index in [1.54, 1.807) is 0 Å². The van der Waals surface area contributed by atoms with Crippen molar-refractivity contribution in [3.63, 3.8) is 0 Å². The third kappa shape index (κ3) is 4.06. The van der Waals surface area contributed by atoms with Crippen molar-refractivity contribution in [3.8, 4) is 0 Å². The summed E-state index contributed by atoms with van der Waals surface area (Å²) in [7, 11) is 2.07. The Labute approximate surface area is 128 Å². The van der Waals surface area contributed by atoms with E-state index in [0.717, 1.165) is 18.6 Å². The van der Waals surface area contributed by atoms with Crippen LogP contribution in [0.3, 0.4) is 0 Å². The van der Waals surface area contributed by atoms with Crippen LogP contribution in [0, 0.1) is 0 Å². The van der Waals surface area contributed by atoms with Gasteiger partial charge in [-0.25, -0.2) is 0 Å². The molecule has 1 aromatic carbocycles. The summed E-state index contributed by atoms with van der Waals surface area (Å²) in [6.45, 7) is 10.2. The molecule has 3 atom stereocenters. The molecule has 3 heteroatoms. The van der Waals surface area contributed by atoms with Crippen LogP contribution in [0.15, 0.2) is 24.3 Å². The zero-order chi connectivity index (χ0) is 15.6. The van der Waals surface area contributed by atoms with E-state index in [0.29, 0.717) is 12.6 Å². The lowest BCUT2D eigenvalue weighted by molar-refractivity contribution is 0.0579. The highest BCUT2D eigenvalue weighted by atomic mass is 16.5. The van der Waals surface area contributed by atoms with Crippen molar-refractivity contribution in [2.45, 2.75) is 57.8 Å². The van der Waals surface area contributed by atoms with Crippen molar-refractivity contribution < 1.29 is 9.84 Å². The fraction of sp³-hybridized carbons (Fsp3) is 0.667. The Morgan fingerprint density at radius 2 is 1.90 bits per heavy atom. The summed E-state index contributed by atoms with van der Waals surface area (Å²) in [6.07, 6.45) is 0.857. The van der Waals surface area contributed by atoms with Crippen LogP contribution >= 0.6 is 0 Å². The van der Waals surface area contributed by atoms with E-state index in [9.17, 15) is 5.11 Å². The van der Waals surface area contributed by atoms with E-state index in [1.165, 1.54) is 5.56 Å². The summed E-state index contributed by atoms with van der Waals surface area (Å²) in [5, 5.41) is 10.4. The normalized spacial score (nSPS) is 24.5. The minimum atomic E-state index is -0.447. The molecule has 3 nitrogen and oxygen atoms in total. The van der Waals surface area contributed by atoms with Crippen LogP contribution < -0.4 is 0 Å². The van der Waals surface area contributed by atoms with E-state index < -0.39 is 6.10 Å². The van der Waals surface area contributed by atoms with Crippen molar-refractivity contribution in [2.24, 2.45) is 0 Å². The van der Waals surface area contributed by atoms with Crippen molar-refractivity contribution in [3.05, 3.63) is 35.4 Å². The zero-order valence-corrected chi connectivity index (χ0v) is 14.0. The minimum absolute atomic E-state index is 0.150. The molecule has 1 aliphatic heterocycles. The standard InChI is InChI=1S/C18H29NO2/c1-13-16(10-11-21-13)19(5)12-17(20)14-6-8-15(9-7-14)18(2,3)4/h6-9,13,16-17,20H,10-12H2,1-5H3. The number of ether oxygens (including phenoxy) is 1. The second-order valence-electron chi connectivity index (χ2n) is 7.26. The molecule has 0 aromatic heterocycles. The van der Waals surface area contributed by atoms with Gasteiger partial charge in [0.2, 0.25) is 0 Å². The van der Waals surface area contributed by atoms with E-state index in [-0.39, 0.29) is 11.5 Å². The SMILES string of the molecule is CC1OCCC1N(C)CC(O)c1ccc(C(C)(C)C)cc1. The van der Waals surface area contributed by atoms with Crippen LogP contribution in [0.4, 0.5) is 0 Å². The summed E-state index contributed by atoms with van der Waals surface area (Å²) in [5.74, 6) is 0. The Morgan fingerprint density at radius 3 is 2.38 bits per heavy atom. The summed E-state index contributed by atoms with van der Waals surface area (Å²) >= 11 is 0. The molecule has 21 heavy (non-hydrogen) atoms. The first-order valence-electron chi connectivity index (χ1n) is 7.89. The molecule has 0 bridgehead atoms. The monoisotopic (exact) mass is 291 g/mol. The molecular weight excluding hydrogens is 262 g/mol. The van der Waals surface area contributed by atoms with Gasteiger partial charge in [-0.1, -0.05) is 45.0 Å². The highest BCUT2D eigenvalue weighted by Crippen LogP contribution is 2.25. The lowest BCUT2D eigenvalue weighted by Crippen LogP contribution is -2.39. The van der Waals surface area contributed by atoms with Gasteiger partial charge < -0.3 is 9.84 Å². The largest absolute Gasteiger partial charge is 0.387 e. The number of likely N-dealkylation sites (N-methyl/N-ethyl adjacent to an activating group) is 1. The van der Waals surface area contributed by atoms with E-state index in [1.807, 2.05) is 12.1 Å². The van der Waals surface area contributed by atoms with Gasteiger partial charge in [0.05, 0.1) is 12.2 Å². The van der Waals surface area contributed by atoms with Gasteiger partial charge in [0, 0.05) is 19.2 Å². The van der Waals surface area contributed by atoms with Gasteiger partial charge in [0.25, 0.3) is 0 Å². The first-order valence-corrected chi connectivity index (χ1v) is 7.89. The van der Waals surface area contributed by atoms with Gasteiger partial charge in [-0.15, -0.1) is 0 Å². The Balaban J connectivity index is 1.98. The summed E-state index contributed by atoms with van der Waals surface area (Å²) in [6, 6.07) is 8.76. The Morgan fingerprint density at radius 1 is 1.29 bits per heavy atom. The van der Waals surface area contributed by atoms with E-state index in [2.05, 4.69) is 51.8 Å². The number of aliphatic hydroxyl groups is 1. The first kappa shape index (κ1) is 16.5. The third-order valence-electron chi connectivity index (χ3n) is 4.52. The van der Waals surface area contributed by atoms with Crippen molar-refractivity contribution >= 4 is 0 Å². The molecule has 118 valence electrons. The maximum absolute atomic E-state index is 10.4. The van der Waals surface area contributed by atoms with Crippen LogP contribution in [0.5, 0.6) is 0 Å². The smallest absolute Gasteiger partial charge is 0.0916 e. The predicted octanol–water partition coefficient (Wildman–Crippen LogP) is 3.13. The molecule has 0 amide bonds. The number of rotatable bonds is 4. The summed E-state index contributed by atoms with van der Waals surface area (Å²) in [5.41, 5.74) is 2.43. The third-order valence-corrected chi connectivity index (χ3v) is 4.52. The molecule has 3 unspecified atom stereocenters. The quantitative estimate of drug-likeness (QED) is 0.925. The van der Waals surface area contributed by atoms with E-state index >= 15 is 0 Å². The molecule has 1 heterocycles. The van der Waals surface area contributed by atoms with Crippen LogP contribution in [0.1, 0.15) is 51.3 Å². The van der Waals surface area contributed by atoms with Gasteiger partial charge in [-0.3, -0.25) is 4.90 Å². The van der Waals surface area contributed by atoms with Gasteiger partial charge in [-0.2, -0.15) is 0 Å². The topological polar surface area (TPSA) is 32.7 Å². The maximum atomic E-state index is 10.4. The highest BCUT2D eigenvalue weighted by molar-refractivity contribution is 5.28. The van der Waals surface area contributed by atoms with Crippen LogP contribution in [-0.2, 0) is 10.2 Å². The zero-order valence-electron chi connectivity index (χ0n) is 14.0. The molecule has 1 saturated heterocycles. The Bertz CT molecular complexity index is 449. The van der Waals surface area contributed by atoms with Gasteiger partial charge in [-0.05, 0) is 36.9 Å². The molecule has 1 aromatic rings. The van der Waals surface area contributed by atoms with Crippen molar-refractivity contribution in [1.29, 1.82) is 0 Å². The molecule has 0 aliphatic carbocycles. The van der Waals surface area contributed by atoms with Gasteiger partial charge >= 0.3 is 0 Å².